The van der Waals surface area contributed by atoms with Crippen LogP contribution in [0.4, 0.5) is 11.4 Å². The van der Waals surface area contributed by atoms with Gasteiger partial charge in [-0.25, -0.2) is 20.4 Å². The molecule has 0 unspecified atom stereocenters. The third-order valence-electron chi connectivity index (χ3n) is 6.54. The van der Waals surface area contributed by atoms with Gasteiger partial charge in [-0.05, 0) is 72.8 Å². The van der Waals surface area contributed by atoms with Gasteiger partial charge in [0, 0.05) is 23.3 Å². The molecule has 0 spiro atoms. The van der Waals surface area contributed by atoms with E-state index in [4.69, 9.17) is 18.9 Å². The maximum absolute atomic E-state index is 12.4. The SMILES string of the molecule is COc1ccc(C(=O)Oc2ccc(/C=N/NC(=O)CC(=O)N/N=C/c3ccc(OC(=O)c4ccc(OC)cc4)c([N+](=O)[O-])c3)cc2[N+](=O)[O-])cc1. The lowest BCUT2D eigenvalue weighted by atomic mass is 10.2. The minimum Gasteiger partial charge on any atom is -0.497 e. The number of hydrogen-bond donors (Lipinski definition) is 2. The topological polar surface area (TPSA) is 240 Å². The number of carbonyl (C=O) groups excluding carboxylic acids is 4. The summed E-state index contributed by atoms with van der Waals surface area (Å²) in [5, 5.41) is 30.5. The van der Waals surface area contributed by atoms with E-state index in [9.17, 15) is 39.4 Å². The van der Waals surface area contributed by atoms with Crippen LogP contribution in [0, 0.1) is 20.2 Å². The number of benzene rings is 4. The first kappa shape index (κ1) is 36.3. The fourth-order valence-electron chi connectivity index (χ4n) is 4.04. The molecule has 4 rings (SSSR count). The molecule has 0 fully saturated rings. The lowest BCUT2D eigenvalue weighted by Gasteiger charge is -2.07. The molecule has 0 radical (unpaired) electrons. The average Bonchev–Trinajstić information content (AvgIpc) is 3.12. The largest absolute Gasteiger partial charge is 0.497 e. The van der Waals surface area contributed by atoms with Crippen molar-refractivity contribution >= 4 is 47.6 Å². The van der Waals surface area contributed by atoms with Crippen molar-refractivity contribution in [2.45, 2.75) is 6.42 Å². The van der Waals surface area contributed by atoms with Gasteiger partial charge in [0.2, 0.25) is 23.3 Å². The van der Waals surface area contributed by atoms with Crippen molar-refractivity contribution in [2.24, 2.45) is 10.2 Å². The highest BCUT2D eigenvalue weighted by Gasteiger charge is 2.21. The molecule has 0 aromatic heterocycles. The first-order valence-electron chi connectivity index (χ1n) is 14.4. The molecule has 2 N–H and O–H groups in total. The van der Waals surface area contributed by atoms with E-state index in [1.165, 1.54) is 87.0 Å². The number of nitrogens with one attached hydrogen (secondary N) is 2. The number of hydrazone groups is 2. The quantitative estimate of drug-likeness (QED) is 0.0475. The van der Waals surface area contributed by atoms with E-state index in [0.29, 0.717) is 11.5 Å². The maximum atomic E-state index is 12.4. The molecule has 4 aromatic carbocycles. The number of methoxy groups -OCH3 is 2. The molecule has 260 valence electrons. The zero-order valence-electron chi connectivity index (χ0n) is 26.6. The number of amides is 2. The number of ether oxygens (including phenoxy) is 4. The predicted molar refractivity (Wildman–Crippen MR) is 178 cm³/mol. The summed E-state index contributed by atoms with van der Waals surface area (Å²) in [6, 6.07) is 19.0. The molecule has 4 aromatic rings. The Morgan fingerprint density at radius 1 is 0.627 bits per heavy atom. The van der Waals surface area contributed by atoms with Crippen LogP contribution in [0.15, 0.2) is 95.1 Å². The predicted octanol–water partition coefficient (Wildman–Crippen LogP) is 3.95. The second-order valence-electron chi connectivity index (χ2n) is 9.97. The molecule has 0 saturated carbocycles. The van der Waals surface area contributed by atoms with Gasteiger partial charge < -0.3 is 18.9 Å². The van der Waals surface area contributed by atoms with E-state index >= 15 is 0 Å². The van der Waals surface area contributed by atoms with Crippen LogP contribution in [-0.2, 0) is 9.59 Å². The molecule has 0 bridgehead atoms. The van der Waals surface area contributed by atoms with Crippen LogP contribution in [0.5, 0.6) is 23.0 Å². The van der Waals surface area contributed by atoms with Crippen molar-refractivity contribution in [1.29, 1.82) is 0 Å². The molecule has 0 atom stereocenters. The van der Waals surface area contributed by atoms with Crippen LogP contribution >= 0.6 is 0 Å². The molecule has 0 aliphatic carbocycles. The first-order chi connectivity index (χ1) is 24.5. The van der Waals surface area contributed by atoms with Gasteiger partial charge >= 0.3 is 23.3 Å². The Hall–Kier alpha value is -7.50. The van der Waals surface area contributed by atoms with Crippen molar-refractivity contribution in [2.75, 3.05) is 14.2 Å². The monoisotopic (exact) mass is 698 g/mol. The maximum Gasteiger partial charge on any atom is 0.343 e. The highest BCUT2D eigenvalue weighted by Crippen LogP contribution is 2.30. The number of rotatable bonds is 14. The minimum absolute atomic E-state index is 0.136. The Morgan fingerprint density at radius 3 is 1.33 bits per heavy atom. The highest BCUT2D eigenvalue weighted by atomic mass is 16.6. The summed E-state index contributed by atoms with van der Waals surface area (Å²) in [5.41, 5.74) is 3.68. The molecule has 0 heterocycles. The van der Waals surface area contributed by atoms with Gasteiger partial charge in [-0.3, -0.25) is 29.8 Å². The van der Waals surface area contributed by atoms with Crippen LogP contribution in [0.3, 0.4) is 0 Å². The first-order valence-corrected chi connectivity index (χ1v) is 14.4. The lowest BCUT2D eigenvalue weighted by molar-refractivity contribution is -0.385. The third-order valence-corrected chi connectivity index (χ3v) is 6.54. The van der Waals surface area contributed by atoms with Crippen molar-refractivity contribution in [1.82, 2.24) is 10.9 Å². The van der Waals surface area contributed by atoms with Gasteiger partial charge in [0.15, 0.2) is 0 Å². The van der Waals surface area contributed by atoms with Crippen molar-refractivity contribution in [3.05, 3.63) is 127 Å². The molecule has 0 saturated heterocycles. The van der Waals surface area contributed by atoms with Gasteiger partial charge in [-0.15, -0.1) is 0 Å². The zero-order chi connectivity index (χ0) is 36.9. The lowest BCUT2D eigenvalue weighted by Crippen LogP contribution is -2.27. The van der Waals surface area contributed by atoms with Gasteiger partial charge in [0.1, 0.15) is 17.9 Å². The van der Waals surface area contributed by atoms with Gasteiger partial charge in [-0.1, -0.05) is 0 Å². The number of nitro groups is 2. The van der Waals surface area contributed by atoms with Crippen molar-refractivity contribution < 1.29 is 48.0 Å². The summed E-state index contributed by atoms with van der Waals surface area (Å²) in [6.07, 6.45) is 1.41. The van der Waals surface area contributed by atoms with E-state index in [1.54, 1.807) is 0 Å². The zero-order valence-corrected chi connectivity index (χ0v) is 26.6. The summed E-state index contributed by atoms with van der Waals surface area (Å²) in [6.45, 7) is 0. The molecule has 2 amide bonds. The summed E-state index contributed by atoms with van der Waals surface area (Å²) in [4.78, 5) is 70.9. The summed E-state index contributed by atoms with van der Waals surface area (Å²) in [5.74, 6) is -3.03. The average molecular weight is 699 g/mol. The Kier molecular flexibility index (Phi) is 12.2. The van der Waals surface area contributed by atoms with Crippen LogP contribution in [0.25, 0.3) is 0 Å². The van der Waals surface area contributed by atoms with Gasteiger partial charge in [0.25, 0.3) is 0 Å². The Balaban J connectivity index is 1.29. The number of hydrogen-bond acceptors (Lipinski definition) is 14. The number of carbonyl (C=O) groups is 4. The smallest absolute Gasteiger partial charge is 0.343 e. The van der Waals surface area contributed by atoms with Crippen LogP contribution < -0.4 is 29.8 Å². The van der Waals surface area contributed by atoms with Gasteiger partial charge in [0.05, 0.1) is 47.6 Å². The molecule has 18 heteroatoms. The molecule has 0 aliphatic heterocycles. The van der Waals surface area contributed by atoms with Crippen LogP contribution in [-0.4, -0.2) is 60.2 Å². The Morgan fingerprint density at radius 2 is 1.00 bits per heavy atom. The van der Waals surface area contributed by atoms with E-state index in [-0.39, 0.29) is 33.8 Å². The fourth-order valence-corrected chi connectivity index (χ4v) is 4.04. The second-order valence-corrected chi connectivity index (χ2v) is 9.97. The molecule has 51 heavy (non-hydrogen) atoms. The normalized spacial score (nSPS) is 10.7. The molecule has 0 aliphatic rings. The van der Waals surface area contributed by atoms with Crippen molar-refractivity contribution in [3.8, 4) is 23.0 Å². The third kappa shape index (κ3) is 10.2. The van der Waals surface area contributed by atoms with Crippen molar-refractivity contribution in [3.63, 3.8) is 0 Å². The Bertz CT molecular complexity index is 1880. The minimum atomic E-state index is -0.864. The Labute approximate surface area is 287 Å². The van der Waals surface area contributed by atoms with Gasteiger partial charge in [-0.2, -0.15) is 10.2 Å². The van der Waals surface area contributed by atoms with E-state index in [0.717, 1.165) is 24.6 Å². The molecule has 18 nitrogen and oxygen atoms in total. The fraction of sp³-hybridized carbons (Fsp3) is 0.0909. The number of esters is 2. The second kappa shape index (κ2) is 17.1. The summed E-state index contributed by atoms with van der Waals surface area (Å²) in [7, 11) is 2.91. The van der Waals surface area contributed by atoms with Crippen LogP contribution in [0.2, 0.25) is 0 Å². The molecular formula is C33H26N6O12. The van der Waals surface area contributed by atoms with E-state index in [1.807, 2.05) is 0 Å². The highest BCUT2D eigenvalue weighted by molar-refractivity contribution is 5.98. The summed E-state index contributed by atoms with van der Waals surface area (Å²) >= 11 is 0. The van der Waals surface area contributed by atoms with E-state index < -0.39 is 51.4 Å². The standard InChI is InChI=1S/C33H26N6O12/c1-48-24-9-5-22(6-10-24)32(42)50-28-13-3-20(15-26(28)38(44)45)18-34-36-30(40)17-31(41)37-35-19-21-4-14-29(27(16-21)39(46)47)51-33(43)23-7-11-25(49-2)12-8-23/h3-16,18-19H,17H2,1-2H3,(H,36,40)(H,37,41)/b34-18+,35-19+. The van der Waals surface area contributed by atoms with Crippen LogP contribution in [0.1, 0.15) is 38.3 Å². The number of nitro benzene ring substituents is 2. The van der Waals surface area contributed by atoms with E-state index in [2.05, 4.69) is 21.1 Å². The number of nitrogens with zero attached hydrogens (tertiary/aromatic N) is 4. The summed E-state index contributed by atoms with van der Waals surface area (Å²) < 4.78 is 20.4. The molecular weight excluding hydrogens is 672 g/mol.